The molecule has 1 N–H and O–H groups in total. The minimum Gasteiger partial charge on any atom is -0.395 e. The quantitative estimate of drug-likeness (QED) is 0.837. The molecule has 1 aliphatic heterocycles. The lowest BCUT2D eigenvalue weighted by Crippen LogP contribution is -2.47. The molecule has 0 unspecified atom stereocenters. The summed E-state index contributed by atoms with van der Waals surface area (Å²) in [5.41, 5.74) is 2.82. The molecule has 4 rings (SSSR count). The van der Waals surface area contributed by atoms with E-state index in [0.29, 0.717) is 31.1 Å². The van der Waals surface area contributed by atoms with Crippen LogP contribution in [-0.2, 0) is 4.74 Å². The zero-order valence-corrected chi connectivity index (χ0v) is 16.3. The lowest BCUT2D eigenvalue weighted by molar-refractivity contribution is -0.0864. The second-order valence-corrected chi connectivity index (χ2v) is 7.81. The molecule has 1 amide bonds. The van der Waals surface area contributed by atoms with Crippen molar-refractivity contribution in [3.63, 3.8) is 0 Å². The Balaban J connectivity index is 1.50. The molecular weight excluding hydrogens is 352 g/mol. The van der Waals surface area contributed by atoms with Crippen LogP contribution in [0.2, 0.25) is 0 Å². The number of hydrogen-bond acceptors (Lipinski definition) is 4. The third kappa shape index (κ3) is 4.21. The lowest BCUT2D eigenvalue weighted by Gasteiger charge is -2.38. The molecule has 2 fully saturated rings. The number of aliphatic hydroxyl groups is 1. The third-order valence-electron chi connectivity index (χ3n) is 5.72. The molecule has 2 aromatic rings. The average molecular weight is 380 g/mol. The number of morpholine rings is 1. The van der Waals surface area contributed by atoms with E-state index in [2.05, 4.69) is 12.1 Å². The molecule has 1 saturated carbocycles. The molecule has 5 nitrogen and oxygen atoms in total. The first-order chi connectivity index (χ1) is 13.7. The van der Waals surface area contributed by atoms with E-state index >= 15 is 0 Å². The fourth-order valence-electron chi connectivity index (χ4n) is 3.85. The predicted molar refractivity (Wildman–Crippen MR) is 109 cm³/mol. The average Bonchev–Trinajstić information content (AvgIpc) is 3.59. The van der Waals surface area contributed by atoms with Crippen LogP contribution in [-0.4, -0.2) is 55.3 Å². The molecule has 0 bridgehead atoms. The Hall–Kier alpha value is -2.37. The van der Waals surface area contributed by atoms with E-state index in [9.17, 15) is 4.79 Å². The van der Waals surface area contributed by atoms with E-state index in [1.165, 1.54) is 12.8 Å². The smallest absolute Gasteiger partial charge is 0.254 e. The maximum Gasteiger partial charge on any atom is 0.254 e. The van der Waals surface area contributed by atoms with Crippen molar-refractivity contribution in [1.29, 1.82) is 0 Å². The summed E-state index contributed by atoms with van der Waals surface area (Å²) in [5.74, 6) is 0.641. The van der Waals surface area contributed by atoms with Gasteiger partial charge in [0.25, 0.3) is 5.91 Å². The van der Waals surface area contributed by atoms with Crippen LogP contribution in [0.3, 0.4) is 0 Å². The Labute approximate surface area is 166 Å². The van der Waals surface area contributed by atoms with Crippen LogP contribution in [0.25, 0.3) is 0 Å². The highest BCUT2D eigenvalue weighted by Gasteiger charge is 2.40. The molecule has 2 aliphatic rings. The van der Waals surface area contributed by atoms with E-state index in [4.69, 9.17) is 9.84 Å². The zero-order chi connectivity index (χ0) is 19.5. The highest BCUT2D eigenvalue weighted by atomic mass is 16.5. The third-order valence-corrected chi connectivity index (χ3v) is 5.72. The summed E-state index contributed by atoms with van der Waals surface area (Å²) in [6.07, 6.45) is 2.44. The molecule has 2 atom stereocenters. The molecule has 1 heterocycles. The predicted octanol–water partition coefficient (Wildman–Crippen LogP) is 3.11. The molecule has 148 valence electrons. The van der Waals surface area contributed by atoms with Crippen molar-refractivity contribution in [2.75, 3.05) is 38.2 Å². The summed E-state index contributed by atoms with van der Waals surface area (Å²) in [5, 5.41) is 9.09. The van der Waals surface area contributed by atoms with E-state index in [-0.39, 0.29) is 24.7 Å². The monoisotopic (exact) mass is 380 g/mol. The standard InChI is InChI=1S/C23H28N2O3/c1-24(13-14-26)20-11-9-19(10-12-20)23(27)25-15-21(17-5-3-2-4-6-17)28-22(16-25)18-7-8-18/h2-6,9-12,18,21-22,26H,7-8,13-16H2,1H3/t21-,22+/m0/s1. The van der Waals surface area contributed by atoms with Gasteiger partial charge in [-0.25, -0.2) is 0 Å². The van der Waals surface area contributed by atoms with Gasteiger partial charge in [0.15, 0.2) is 0 Å². The highest BCUT2D eigenvalue weighted by molar-refractivity contribution is 5.94. The molecular formula is C23H28N2O3. The van der Waals surface area contributed by atoms with Gasteiger partial charge in [-0.3, -0.25) is 4.79 Å². The first-order valence-corrected chi connectivity index (χ1v) is 10.1. The van der Waals surface area contributed by atoms with Gasteiger partial charge in [0.2, 0.25) is 0 Å². The van der Waals surface area contributed by atoms with Crippen LogP contribution >= 0.6 is 0 Å². The van der Waals surface area contributed by atoms with Crippen molar-refractivity contribution < 1.29 is 14.6 Å². The number of carbonyl (C=O) groups is 1. The minimum atomic E-state index is -0.0699. The summed E-state index contributed by atoms with van der Waals surface area (Å²) in [6, 6.07) is 17.8. The Kier molecular flexibility index (Phi) is 5.64. The van der Waals surface area contributed by atoms with Crippen LogP contribution in [0.15, 0.2) is 54.6 Å². The second-order valence-electron chi connectivity index (χ2n) is 7.81. The van der Waals surface area contributed by atoms with Crippen molar-refractivity contribution in [1.82, 2.24) is 4.90 Å². The molecule has 0 aromatic heterocycles. The van der Waals surface area contributed by atoms with Crippen LogP contribution in [0.1, 0.15) is 34.9 Å². The number of hydrogen-bond donors (Lipinski definition) is 1. The van der Waals surface area contributed by atoms with Crippen LogP contribution in [0.4, 0.5) is 5.69 Å². The first-order valence-electron chi connectivity index (χ1n) is 10.1. The lowest BCUT2D eigenvalue weighted by atomic mass is 10.0. The van der Waals surface area contributed by atoms with Crippen LogP contribution < -0.4 is 4.90 Å². The van der Waals surface area contributed by atoms with E-state index in [1.54, 1.807) is 0 Å². The first kappa shape index (κ1) is 19.0. The van der Waals surface area contributed by atoms with Gasteiger partial charge in [0.05, 0.1) is 19.3 Å². The maximum atomic E-state index is 13.2. The fraction of sp³-hybridized carbons (Fsp3) is 0.435. The van der Waals surface area contributed by atoms with Gasteiger partial charge in [-0.2, -0.15) is 0 Å². The highest BCUT2D eigenvalue weighted by Crippen LogP contribution is 2.39. The van der Waals surface area contributed by atoms with Gasteiger partial charge >= 0.3 is 0 Å². The van der Waals surface area contributed by atoms with Gasteiger partial charge in [-0.15, -0.1) is 0 Å². The van der Waals surface area contributed by atoms with Crippen molar-refractivity contribution in [3.8, 4) is 0 Å². The summed E-state index contributed by atoms with van der Waals surface area (Å²) in [4.78, 5) is 17.1. The van der Waals surface area contributed by atoms with Gasteiger partial charge in [-0.1, -0.05) is 30.3 Å². The van der Waals surface area contributed by atoms with Crippen molar-refractivity contribution in [2.45, 2.75) is 25.0 Å². The Bertz CT molecular complexity index is 789. The fourth-order valence-corrected chi connectivity index (χ4v) is 3.85. The van der Waals surface area contributed by atoms with Crippen molar-refractivity contribution in [3.05, 3.63) is 65.7 Å². The van der Waals surface area contributed by atoms with Crippen LogP contribution in [0, 0.1) is 5.92 Å². The SMILES string of the molecule is CN(CCO)c1ccc(C(=O)N2C[C@@H](c3ccccc3)O[C@@H](C3CC3)C2)cc1. The van der Waals surface area contributed by atoms with E-state index in [1.807, 2.05) is 59.3 Å². The van der Waals surface area contributed by atoms with Gasteiger partial charge < -0.3 is 19.6 Å². The number of amides is 1. The number of nitrogens with zero attached hydrogens (tertiary/aromatic N) is 2. The number of rotatable bonds is 6. The summed E-state index contributed by atoms with van der Waals surface area (Å²) < 4.78 is 6.37. The molecule has 1 saturated heterocycles. The Morgan fingerprint density at radius 2 is 1.82 bits per heavy atom. The second kappa shape index (κ2) is 8.33. The molecule has 0 radical (unpaired) electrons. The Morgan fingerprint density at radius 1 is 1.11 bits per heavy atom. The number of benzene rings is 2. The van der Waals surface area contributed by atoms with E-state index in [0.717, 1.165) is 11.3 Å². The number of ether oxygens (including phenoxy) is 1. The molecule has 5 heteroatoms. The summed E-state index contributed by atoms with van der Waals surface area (Å²) in [7, 11) is 1.93. The molecule has 2 aromatic carbocycles. The van der Waals surface area contributed by atoms with Crippen molar-refractivity contribution in [2.24, 2.45) is 5.92 Å². The number of aliphatic hydroxyl groups excluding tert-OH is 1. The summed E-state index contributed by atoms with van der Waals surface area (Å²) >= 11 is 0. The number of anilines is 1. The van der Waals surface area contributed by atoms with Crippen molar-refractivity contribution >= 4 is 11.6 Å². The largest absolute Gasteiger partial charge is 0.395 e. The van der Waals surface area contributed by atoms with Gasteiger partial charge in [-0.05, 0) is 48.6 Å². The minimum absolute atomic E-state index is 0.0613. The maximum absolute atomic E-state index is 13.2. The Morgan fingerprint density at radius 3 is 2.46 bits per heavy atom. The number of carbonyl (C=O) groups excluding carboxylic acids is 1. The molecule has 0 spiro atoms. The van der Waals surface area contributed by atoms with Crippen LogP contribution in [0.5, 0.6) is 0 Å². The normalized spacial score (nSPS) is 22.1. The topological polar surface area (TPSA) is 53.0 Å². The van der Waals surface area contributed by atoms with E-state index < -0.39 is 0 Å². The summed E-state index contributed by atoms with van der Waals surface area (Å²) in [6.45, 7) is 1.92. The molecule has 1 aliphatic carbocycles. The van der Waals surface area contributed by atoms with Gasteiger partial charge in [0, 0.05) is 31.4 Å². The van der Waals surface area contributed by atoms with Gasteiger partial charge in [0.1, 0.15) is 6.10 Å². The molecule has 28 heavy (non-hydrogen) atoms. The number of likely N-dealkylation sites (N-methyl/N-ethyl adjacent to an activating group) is 1. The zero-order valence-electron chi connectivity index (χ0n) is 16.3.